The van der Waals surface area contributed by atoms with Crippen LogP contribution in [0.4, 0.5) is 0 Å². The lowest BCUT2D eigenvalue weighted by Crippen LogP contribution is -2.27. The summed E-state index contributed by atoms with van der Waals surface area (Å²) < 4.78 is 26.3. The van der Waals surface area contributed by atoms with Crippen LogP contribution >= 0.6 is 23.4 Å². The molecule has 0 spiro atoms. The highest BCUT2D eigenvalue weighted by Crippen LogP contribution is 2.26. The predicted octanol–water partition coefficient (Wildman–Crippen LogP) is 5.44. The first kappa shape index (κ1) is 21.2. The van der Waals surface area contributed by atoms with E-state index in [1.54, 1.807) is 66.7 Å². The van der Waals surface area contributed by atoms with Crippen molar-refractivity contribution in [3.8, 4) is 0 Å². The average molecular weight is 444 g/mol. The largest absolute Gasteiger partial charge is 0.312 e. The third kappa shape index (κ3) is 5.50. The van der Waals surface area contributed by atoms with Crippen molar-refractivity contribution in [3.63, 3.8) is 0 Å². The standard InChI is InChI=1S/C22H18ClNO3S2/c1-16-7-13-20(14-8-16)29(26,27)21(15-28-19-11-9-18(23)10-12-19)24-22(25)17-5-3-2-4-6-17/h2-15H,1H3,(H,24,25)/b21-15+. The molecule has 3 rings (SSSR count). The van der Waals surface area contributed by atoms with Gasteiger partial charge in [-0.1, -0.05) is 59.3 Å². The second-order valence-corrected chi connectivity index (χ2v) is 9.49. The van der Waals surface area contributed by atoms with E-state index >= 15 is 0 Å². The van der Waals surface area contributed by atoms with Gasteiger partial charge >= 0.3 is 0 Å². The first-order chi connectivity index (χ1) is 13.9. The van der Waals surface area contributed by atoms with Crippen molar-refractivity contribution in [1.29, 1.82) is 0 Å². The van der Waals surface area contributed by atoms with Crippen LogP contribution in [0.25, 0.3) is 0 Å². The summed E-state index contributed by atoms with van der Waals surface area (Å²) in [4.78, 5) is 13.5. The highest BCUT2D eigenvalue weighted by molar-refractivity contribution is 8.03. The number of halogens is 1. The third-order valence-corrected chi connectivity index (χ3v) is 7.00. The highest BCUT2D eigenvalue weighted by Gasteiger charge is 2.23. The molecule has 0 aliphatic carbocycles. The van der Waals surface area contributed by atoms with Crippen molar-refractivity contribution in [2.75, 3.05) is 0 Å². The number of nitrogens with one attached hydrogen (secondary N) is 1. The molecule has 3 aromatic rings. The Labute approximate surface area is 179 Å². The van der Waals surface area contributed by atoms with Crippen LogP contribution in [-0.2, 0) is 9.84 Å². The molecule has 0 radical (unpaired) electrons. The third-order valence-electron chi connectivity index (χ3n) is 4.01. The van der Waals surface area contributed by atoms with E-state index in [2.05, 4.69) is 5.32 Å². The van der Waals surface area contributed by atoms with Crippen molar-refractivity contribution in [2.24, 2.45) is 0 Å². The summed E-state index contributed by atoms with van der Waals surface area (Å²) in [6.45, 7) is 1.88. The maximum Gasteiger partial charge on any atom is 0.256 e. The topological polar surface area (TPSA) is 63.2 Å². The van der Waals surface area contributed by atoms with Crippen LogP contribution in [0.2, 0.25) is 5.02 Å². The van der Waals surface area contributed by atoms with Crippen molar-refractivity contribution < 1.29 is 13.2 Å². The van der Waals surface area contributed by atoms with E-state index in [4.69, 9.17) is 11.6 Å². The Kier molecular flexibility index (Phi) is 6.79. The Morgan fingerprint density at radius 2 is 1.55 bits per heavy atom. The van der Waals surface area contributed by atoms with Crippen LogP contribution < -0.4 is 5.32 Å². The van der Waals surface area contributed by atoms with Gasteiger partial charge in [-0.05, 0) is 55.5 Å². The lowest BCUT2D eigenvalue weighted by molar-refractivity contribution is 0.0968. The summed E-state index contributed by atoms with van der Waals surface area (Å²) >= 11 is 7.08. The molecule has 148 valence electrons. The van der Waals surface area contributed by atoms with Gasteiger partial charge in [-0.25, -0.2) is 8.42 Å². The van der Waals surface area contributed by atoms with Gasteiger partial charge in [0, 0.05) is 20.9 Å². The molecular weight excluding hydrogens is 426 g/mol. The number of hydrogen-bond acceptors (Lipinski definition) is 4. The molecule has 1 N–H and O–H groups in total. The minimum absolute atomic E-state index is 0.111. The van der Waals surface area contributed by atoms with Crippen LogP contribution in [-0.4, -0.2) is 14.3 Å². The maximum absolute atomic E-state index is 13.2. The first-order valence-corrected chi connectivity index (χ1v) is 11.4. The number of hydrogen-bond donors (Lipinski definition) is 1. The second kappa shape index (κ2) is 9.31. The molecule has 0 heterocycles. The summed E-state index contributed by atoms with van der Waals surface area (Å²) in [5, 5.41) is 4.39. The van der Waals surface area contributed by atoms with E-state index in [9.17, 15) is 13.2 Å². The molecule has 1 amide bonds. The molecule has 4 nitrogen and oxygen atoms in total. The van der Waals surface area contributed by atoms with E-state index < -0.39 is 15.7 Å². The summed E-state index contributed by atoms with van der Waals surface area (Å²) in [7, 11) is -3.92. The predicted molar refractivity (Wildman–Crippen MR) is 118 cm³/mol. The van der Waals surface area contributed by atoms with E-state index in [-0.39, 0.29) is 9.92 Å². The maximum atomic E-state index is 13.2. The lowest BCUT2D eigenvalue weighted by Gasteiger charge is -2.12. The van der Waals surface area contributed by atoms with Gasteiger partial charge in [0.25, 0.3) is 5.91 Å². The van der Waals surface area contributed by atoms with Crippen LogP contribution in [0.1, 0.15) is 15.9 Å². The van der Waals surface area contributed by atoms with Crippen molar-refractivity contribution in [3.05, 3.63) is 105 Å². The fourth-order valence-corrected chi connectivity index (χ4v) is 4.76. The summed E-state index contributed by atoms with van der Waals surface area (Å²) in [6.07, 6.45) is 0. The number of thioether (sulfide) groups is 1. The zero-order chi connectivity index (χ0) is 20.9. The number of benzene rings is 3. The number of carbonyl (C=O) groups excluding carboxylic acids is 1. The Balaban J connectivity index is 1.95. The quantitative estimate of drug-likeness (QED) is 0.515. The molecule has 0 aliphatic rings. The monoisotopic (exact) mass is 443 g/mol. The van der Waals surface area contributed by atoms with Crippen LogP contribution in [0.3, 0.4) is 0 Å². The molecule has 0 unspecified atom stereocenters. The molecule has 3 aromatic carbocycles. The Bertz CT molecular complexity index is 1120. The molecule has 0 aromatic heterocycles. The Hall–Kier alpha value is -2.54. The number of sulfone groups is 1. The molecule has 0 aliphatic heterocycles. The van der Waals surface area contributed by atoms with Gasteiger partial charge in [0.05, 0.1) is 4.90 Å². The highest BCUT2D eigenvalue weighted by atomic mass is 35.5. The summed E-state index contributed by atoms with van der Waals surface area (Å²) in [5.74, 6) is -0.496. The van der Waals surface area contributed by atoms with E-state index in [1.165, 1.54) is 29.3 Å². The summed E-state index contributed by atoms with van der Waals surface area (Å²) in [6, 6.07) is 21.9. The van der Waals surface area contributed by atoms with Gasteiger partial charge in [-0.15, -0.1) is 0 Å². The van der Waals surface area contributed by atoms with Gasteiger partial charge in [-0.2, -0.15) is 0 Å². The zero-order valence-corrected chi connectivity index (χ0v) is 17.9. The Morgan fingerprint density at radius 1 is 0.931 bits per heavy atom. The van der Waals surface area contributed by atoms with Crippen LogP contribution in [0.5, 0.6) is 0 Å². The number of rotatable bonds is 6. The number of carbonyl (C=O) groups is 1. The number of amides is 1. The summed E-state index contributed by atoms with van der Waals surface area (Å²) in [5.41, 5.74) is 1.31. The minimum Gasteiger partial charge on any atom is -0.312 e. The average Bonchev–Trinajstić information content (AvgIpc) is 2.73. The van der Waals surface area contributed by atoms with Gasteiger partial charge in [0.15, 0.2) is 0 Å². The molecule has 0 fully saturated rings. The lowest BCUT2D eigenvalue weighted by atomic mass is 10.2. The van der Waals surface area contributed by atoms with Gasteiger partial charge in [-0.3, -0.25) is 4.79 Å². The Morgan fingerprint density at radius 3 is 2.17 bits per heavy atom. The molecule has 0 saturated carbocycles. The first-order valence-electron chi connectivity index (χ1n) is 8.67. The van der Waals surface area contributed by atoms with E-state index in [1.807, 2.05) is 6.92 Å². The van der Waals surface area contributed by atoms with Gasteiger partial charge < -0.3 is 5.32 Å². The van der Waals surface area contributed by atoms with Gasteiger partial charge in [0.2, 0.25) is 9.84 Å². The normalized spacial score (nSPS) is 11.9. The van der Waals surface area contributed by atoms with Crippen LogP contribution in [0, 0.1) is 6.92 Å². The fraction of sp³-hybridized carbons (Fsp3) is 0.0455. The molecule has 7 heteroatoms. The van der Waals surface area contributed by atoms with Crippen molar-refractivity contribution >= 4 is 39.1 Å². The molecule has 0 bridgehead atoms. The van der Waals surface area contributed by atoms with Crippen LogP contribution in [0.15, 0.2) is 99.1 Å². The van der Waals surface area contributed by atoms with Crippen molar-refractivity contribution in [2.45, 2.75) is 16.7 Å². The molecule has 29 heavy (non-hydrogen) atoms. The molecule has 0 atom stereocenters. The smallest absolute Gasteiger partial charge is 0.256 e. The van der Waals surface area contributed by atoms with E-state index in [0.29, 0.717) is 10.6 Å². The fourth-order valence-electron chi connectivity index (χ4n) is 2.41. The van der Waals surface area contributed by atoms with Crippen molar-refractivity contribution in [1.82, 2.24) is 5.32 Å². The second-order valence-electron chi connectivity index (χ2n) is 6.19. The SMILES string of the molecule is Cc1ccc(S(=O)(=O)/C(=C/Sc2ccc(Cl)cc2)NC(=O)c2ccccc2)cc1. The molecular formula is C22H18ClNO3S2. The number of aryl methyl sites for hydroxylation is 1. The van der Waals surface area contributed by atoms with Gasteiger partial charge in [0.1, 0.15) is 5.03 Å². The minimum atomic E-state index is -3.92. The van der Waals surface area contributed by atoms with E-state index in [0.717, 1.165) is 10.5 Å². The zero-order valence-electron chi connectivity index (χ0n) is 15.5. The molecule has 0 saturated heterocycles.